The second-order valence-corrected chi connectivity index (χ2v) is 6.53. The van der Waals surface area contributed by atoms with E-state index in [1.807, 2.05) is 19.1 Å². The normalized spacial score (nSPS) is 18.4. The van der Waals surface area contributed by atoms with Gasteiger partial charge in [0.1, 0.15) is 0 Å². The molecular formula is C14H17N3OS2. The Morgan fingerprint density at radius 3 is 3.25 bits per heavy atom. The average Bonchev–Trinajstić information content (AvgIpc) is 3.04. The number of fused-ring (bicyclic) bond motifs is 1. The SMILES string of the molecule is Cc1nc2ccc(NC(=S)NC[C@H]3CCCO3)cc2s1. The fourth-order valence-corrected chi connectivity index (χ4v) is 3.37. The number of anilines is 1. The molecule has 2 aromatic rings. The summed E-state index contributed by atoms with van der Waals surface area (Å²) in [4.78, 5) is 4.45. The molecule has 1 aromatic heterocycles. The van der Waals surface area contributed by atoms with Crippen LogP contribution in [0.1, 0.15) is 17.8 Å². The number of aromatic nitrogens is 1. The van der Waals surface area contributed by atoms with Crippen LogP contribution >= 0.6 is 23.6 Å². The minimum atomic E-state index is 0.293. The van der Waals surface area contributed by atoms with Crippen LogP contribution in [0.3, 0.4) is 0 Å². The number of hydrogen-bond acceptors (Lipinski definition) is 4. The molecule has 0 unspecified atom stereocenters. The molecule has 0 saturated carbocycles. The van der Waals surface area contributed by atoms with Gasteiger partial charge in [0.25, 0.3) is 0 Å². The molecule has 1 aromatic carbocycles. The van der Waals surface area contributed by atoms with E-state index in [1.165, 1.54) is 4.70 Å². The zero-order chi connectivity index (χ0) is 13.9. The van der Waals surface area contributed by atoms with Crippen molar-refractivity contribution in [2.24, 2.45) is 0 Å². The van der Waals surface area contributed by atoms with Crippen molar-refractivity contribution >= 4 is 44.6 Å². The largest absolute Gasteiger partial charge is 0.376 e. The van der Waals surface area contributed by atoms with Gasteiger partial charge in [-0.2, -0.15) is 0 Å². The molecule has 106 valence electrons. The van der Waals surface area contributed by atoms with Gasteiger partial charge in [0, 0.05) is 18.8 Å². The minimum absolute atomic E-state index is 0.293. The number of thiocarbonyl (C=S) groups is 1. The topological polar surface area (TPSA) is 46.2 Å². The van der Waals surface area contributed by atoms with Gasteiger partial charge in [-0.25, -0.2) is 4.98 Å². The van der Waals surface area contributed by atoms with Gasteiger partial charge in [-0.3, -0.25) is 0 Å². The quantitative estimate of drug-likeness (QED) is 0.853. The Hall–Kier alpha value is -1.24. The standard InChI is InChI=1S/C14H17N3OS2/c1-9-16-12-5-4-10(7-13(12)20-9)17-14(19)15-8-11-3-2-6-18-11/h4-5,7,11H,2-3,6,8H2,1H3,(H2,15,17,19)/t11-/m1/s1. The lowest BCUT2D eigenvalue weighted by Crippen LogP contribution is -2.34. The van der Waals surface area contributed by atoms with Crippen LogP contribution in [-0.2, 0) is 4.74 Å². The van der Waals surface area contributed by atoms with Crippen molar-refractivity contribution in [3.63, 3.8) is 0 Å². The summed E-state index contributed by atoms with van der Waals surface area (Å²) >= 11 is 7.00. The molecule has 1 aliphatic rings. The molecule has 1 atom stereocenters. The number of ether oxygens (including phenoxy) is 1. The summed E-state index contributed by atoms with van der Waals surface area (Å²) in [5.74, 6) is 0. The zero-order valence-corrected chi connectivity index (χ0v) is 12.9. The van der Waals surface area contributed by atoms with Crippen LogP contribution in [0.15, 0.2) is 18.2 Å². The van der Waals surface area contributed by atoms with Crippen molar-refractivity contribution < 1.29 is 4.74 Å². The highest BCUT2D eigenvalue weighted by Gasteiger charge is 2.15. The van der Waals surface area contributed by atoms with Crippen molar-refractivity contribution in [1.82, 2.24) is 10.3 Å². The molecule has 2 N–H and O–H groups in total. The minimum Gasteiger partial charge on any atom is -0.376 e. The van der Waals surface area contributed by atoms with Gasteiger partial charge in [-0.15, -0.1) is 11.3 Å². The van der Waals surface area contributed by atoms with Crippen LogP contribution in [0.5, 0.6) is 0 Å². The third-order valence-corrected chi connectivity index (χ3v) is 4.45. The number of nitrogens with one attached hydrogen (secondary N) is 2. The van der Waals surface area contributed by atoms with Crippen LogP contribution in [0.4, 0.5) is 5.69 Å². The summed E-state index contributed by atoms with van der Waals surface area (Å²) in [6.07, 6.45) is 2.55. The van der Waals surface area contributed by atoms with Crippen LogP contribution < -0.4 is 10.6 Å². The number of thiazole rings is 1. The highest BCUT2D eigenvalue weighted by Crippen LogP contribution is 2.24. The van der Waals surface area contributed by atoms with Gasteiger partial charge >= 0.3 is 0 Å². The first-order chi connectivity index (χ1) is 9.70. The number of benzene rings is 1. The Labute approximate surface area is 127 Å². The zero-order valence-electron chi connectivity index (χ0n) is 11.3. The van der Waals surface area contributed by atoms with Gasteiger partial charge in [-0.05, 0) is 50.2 Å². The Balaban J connectivity index is 1.58. The number of rotatable bonds is 3. The van der Waals surface area contributed by atoms with Crippen LogP contribution in [0.2, 0.25) is 0 Å². The van der Waals surface area contributed by atoms with E-state index in [4.69, 9.17) is 17.0 Å². The molecule has 1 aliphatic heterocycles. The van der Waals surface area contributed by atoms with Gasteiger partial charge in [-0.1, -0.05) is 0 Å². The highest BCUT2D eigenvalue weighted by molar-refractivity contribution is 7.80. The second-order valence-electron chi connectivity index (χ2n) is 4.89. The third-order valence-electron chi connectivity index (χ3n) is 3.27. The molecule has 0 aliphatic carbocycles. The number of hydrogen-bond donors (Lipinski definition) is 2. The van der Waals surface area contributed by atoms with E-state index in [1.54, 1.807) is 11.3 Å². The van der Waals surface area contributed by atoms with Gasteiger partial charge in [0.05, 0.1) is 21.3 Å². The highest BCUT2D eigenvalue weighted by atomic mass is 32.1. The molecule has 0 amide bonds. The van der Waals surface area contributed by atoms with E-state index < -0.39 is 0 Å². The lowest BCUT2D eigenvalue weighted by molar-refractivity contribution is 0.114. The lowest BCUT2D eigenvalue weighted by Gasteiger charge is -2.14. The monoisotopic (exact) mass is 307 g/mol. The summed E-state index contributed by atoms with van der Waals surface area (Å²) in [6, 6.07) is 6.10. The molecule has 1 saturated heterocycles. The first kappa shape index (κ1) is 13.7. The van der Waals surface area contributed by atoms with Crippen molar-refractivity contribution in [2.45, 2.75) is 25.9 Å². The molecule has 1 fully saturated rings. The molecular weight excluding hydrogens is 290 g/mol. The summed E-state index contributed by atoms with van der Waals surface area (Å²) in [5, 5.41) is 8.14. The molecule has 3 rings (SSSR count). The maximum atomic E-state index is 5.56. The predicted octanol–water partition coefficient (Wildman–Crippen LogP) is 3.07. The molecule has 2 heterocycles. The Bertz CT molecular complexity index is 620. The van der Waals surface area contributed by atoms with E-state index >= 15 is 0 Å². The van der Waals surface area contributed by atoms with E-state index in [0.29, 0.717) is 11.2 Å². The van der Waals surface area contributed by atoms with Gasteiger partial charge in [0.2, 0.25) is 0 Å². The smallest absolute Gasteiger partial charge is 0.170 e. The Kier molecular flexibility index (Phi) is 4.14. The maximum absolute atomic E-state index is 5.56. The van der Waals surface area contributed by atoms with E-state index in [-0.39, 0.29) is 0 Å². The summed E-state index contributed by atoms with van der Waals surface area (Å²) in [6.45, 7) is 3.66. The fraction of sp³-hybridized carbons (Fsp3) is 0.429. The number of aryl methyl sites for hydroxylation is 1. The Morgan fingerprint density at radius 2 is 2.45 bits per heavy atom. The van der Waals surface area contributed by atoms with Crippen molar-refractivity contribution in [3.05, 3.63) is 23.2 Å². The van der Waals surface area contributed by atoms with Gasteiger partial charge in [0.15, 0.2) is 5.11 Å². The summed E-state index contributed by atoms with van der Waals surface area (Å²) < 4.78 is 6.73. The van der Waals surface area contributed by atoms with Crippen molar-refractivity contribution in [1.29, 1.82) is 0 Å². The summed E-state index contributed by atoms with van der Waals surface area (Å²) in [7, 11) is 0. The van der Waals surface area contributed by atoms with Crippen molar-refractivity contribution in [2.75, 3.05) is 18.5 Å². The number of nitrogens with zero attached hydrogens (tertiary/aromatic N) is 1. The maximum Gasteiger partial charge on any atom is 0.170 e. The van der Waals surface area contributed by atoms with Crippen LogP contribution in [0.25, 0.3) is 10.2 Å². The van der Waals surface area contributed by atoms with Gasteiger partial charge < -0.3 is 15.4 Å². The molecule has 0 radical (unpaired) electrons. The predicted molar refractivity (Wildman–Crippen MR) is 87.6 cm³/mol. The average molecular weight is 307 g/mol. The summed E-state index contributed by atoms with van der Waals surface area (Å²) in [5.41, 5.74) is 2.03. The third kappa shape index (κ3) is 3.26. The second kappa shape index (κ2) is 6.03. The van der Waals surface area contributed by atoms with Crippen LogP contribution in [-0.4, -0.2) is 29.4 Å². The molecule has 20 heavy (non-hydrogen) atoms. The first-order valence-electron chi connectivity index (χ1n) is 6.74. The lowest BCUT2D eigenvalue weighted by atomic mass is 10.2. The fourth-order valence-electron chi connectivity index (χ4n) is 2.30. The molecule has 6 heteroatoms. The molecule has 0 bridgehead atoms. The van der Waals surface area contributed by atoms with E-state index in [0.717, 1.165) is 42.2 Å². The molecule has 4 nitrogen and oxygen atoms in total. The first-order valence-corrected chi connectivity index (χ1v) is 7.97. The van der Waals surface area contributed by atoms with Crippen LogP contribution in [0, 0.1) is 6.92 Å². The van der Waals surface area contributed by atoms with Crippen molar-refractivity contribution in [3.8, 4) is 0 Å². The Morgan fingerprint density at radius 1 is 1.55 bits per heavy atom. The van der Waals surface area contributed by atoms with E-state index in [2.05, 4.69) is 21.7 Å². The molecule has 0 spiro atoms. The van der Waals surface area contributed by atoms with E-state index in [9.17, 15) is 0 Å².